The van der Waals surface area contributed by atoms with Crippen molar-refractivity contribution >= 4 is 28.7 Å². The molecule has 1 aromatic heterocycles. The fourth-order valence-corrected chi connectivity index (χ4v) is 3.62. The van der Waals surface area contributed by atoms with Crippen LogP contribution in [-0.2, 0) is 17.8 Å². The quantitative estimate of drug-likeness (QED) is 0.610. The average molecular weight is 254 g/mol. The van der Waals surface area contributed by atoms with Crippen molar-refractivity contribution in [2.45, 2.75) is 13.0 Å². The van der Waals surface area contributed by atoms with Gasteiger partial charge in [0.15, 0.2) is 0 Å². The van der Waals surface area contributed by atoms with E-state index in [1.807, 2.05) is 0 Å². The molecule has 6 heteroatoms. The molecule has 2 rings (SSSR count). The van der Waals surface area contributed by atoms with Crippen LogP contribution in [0.25, 0.3) is 0 Å². The predicted molar refractivity (Wildman–Crippen MR) is 66.9 cm³/mol. The Morgan fingerprint density at radius 1 is 1.53 bits per heavy atom. The number of carbonyl (C=O) groups excluding carboxylic acids is 2. The maximum atomic E-state index is 11.5. The highest BCUT2D eigenvalue weighted by atomic mass is 32.1. The van der Waals surface area contributed by atoms with Crippen molar-refractivity contribution in [3.63, 3.8) is 0 Å². The molecule has 3 N–H and O–H groups in total. The second-order valence-corrected chi connectivity index (χ2v) is 6.01. The minimum absolute atomic E-state index is 0.459. The van der Waals surface area contributed by atoms with E-state index in [4.69, 9.17) is 5.73 Å². The lowest BCUT2D eigenvalue weighted by molar-refractivity contribution is -0.905. The smallest absolute Gasteiger partial charge is 0.252 e. The van der Waals surface area contributed by atoms with Crippen LogP contribution in [0.5, 0.6) is 0 Å². The number of nitrogens with one attached hydrogen (secondary N) is 1. The molecule has 17 heavy (non-hydrogen) atoms. The van der Waals surface area contributed by atoms with Gasteiger partial charge in [0.2, 0.25) is 6.41 Å². The van der Waals surface area contributed by atoms with Gasteiger partial charge in [-0.05, 0) is 5.56 Å². The molecule has 5 nitrogen and oxygen atoms in total. The number of amides is 2. The highest BCUT2D eigenvalue weighted by molar-refractivity contribution is 7.16. The van der Waals surface area contributed by atoms with Gasteiger partial charge >= 0.3 is 0 Å². The average Bonchev–Trinajstić information content (AvgIpc) is 2.53. The third kappa shape index (κ3) is 2.18. The van der Waals surface area contributed by atoms with Crippen molar-refractivity contribution in [2.24, 2.45) is 5.73 Å². The highest BCUT2D eigenvalue weighted by Crippen LogP contribution is 2.37. The predicted octanol–water partition coefficient (Wildman–Crippen LogP) is 0.548. The van der Waals surface area contributed by atoms with E-state index in [2.05, 4.69) is 19.4 Å². The maximum absolute atomic E-state index is 11.5. The minimum Gasteiger partial charge on any atom is -0.365 e. The first-order chi connectivity index (χ1) is 7.94. The van der Waals surface area contributed by atoms with E-state index in [1.54, 1.807) is 0 Å². The van der Waals surface area contributed by atoms with Gasteiger partial charge in [-0.2, -0.15) is 0 Å². The molecule has 0 unspecified atom stereocenters. The molecule has 0 fully saturated rings. The number of carbonyl (C=O) groups is 2. The number of hydrogen-bond acceptors (Lipinski definition) is 3. The summed E-state index contributed by atoms with van der Waals surface area (Å²) in [6.07, 6.45) is 1.42. The first-order valence-electron chi connectivity index (χ1n) is 5.41. The van der Waals surface area contributed by atoms with Crippen LogP contribution in [0.2, 0.25) is 0 Å². The molecule has 92 valence electrons. The fourth-order valence-electron chi connectivity index (χ4n) is 2.20. The zero-order chi connectivity index (χ0) is 12.6. The number of rotatable bonds is 3. The van der Waals surface area contributed by atoms with E-state index in [-0.39, 0.29) is 0 Å². The van der Waals surface area contributed by atoms with E-state index in [9.17, 15) is 9.59 Å². The van der Waals surface area contributed by atoms with Crippen molar-refractivity contribution in [2.75, 3.05) is 26.0 Å². The molecule has 1 aromatic rings. The van der Waals surface area contributed by atoms with Gasteiger partial charge < -0.3 is 15.5 Å². The Balaban J connectivity index is 2.48. The third-order valence-electron chi connectivity index (χ3n) is 3.07. The molecular formula is C11H16N3O2S+. The summed E-state index contributed by atoms with van der Waals surface area (Å²) in [7, 11) is 4.30. The van der Waals surface area contributed by atoms with E-state index in [0.717, 1.165) is 34.4 Å². The Morgan fingerprint density at radius 3 is 2.82 bits per heavy atom. The third-order valence-corrected chi connectivity index (χ3v) is 4.21. The Labute approximate surface area is 104 Å². The maximum Gasteiger partial charge on any atom is 0.252 e. The zero-order valence-corrected chi connectivity index (χ0v) is 10.8. The van der Waals surface area contributed by atoms with Gasteiger partial charge in [0, 0.05) is 6.42 Å². The number of anilines is 1. The lowest BCUT2D eigenvalue weighted by Crippen LogP contribution is -2.43. The second kappa shape index (κ2) is 4.12. The van der Waals surface area contributed by atoms with Crippen LogP contribution in [-0.4, -0.2) is 37.4 Å². The molecule has 0 aliphatic carbocycles. The number of primary amides is 1. The number of hydrogen-bond donors (Lipinski definition) is 2. The number of thiophene rings is 1. The van der Waals surface area contributed by atoms with Crippen molar-refractivity contribution in [3.8, 4) is 0 Å². The standard InChI is InChI=1S/C11H15N3O2S/c1-14(2)4-3-7-8(5-14)17-11(13-6-15)9(7)10(12)16/h6H,3-5H2,1-2H3,(H2-,12,13,15,16)/p+1. The molecule has 0 atom stereocenters. The SMILES string of the molecule is C[N+]1(C)CCc2c(sc(NC=O)c2C(N)=O)C1. The molecule has 0 bridgehead atoms. The molecule has 1 aliphatic rings. The molecule has 0 saturated carbocycles. The first kappa shape index (κ1) is 12.1. The van der Waals surface area contributed by atoms with Crippen LogP contribution in [0.3, 0.4) is 0 Å². The van der Waals surface area contributed by atoms with Crippen LogP contribution < -0.4 is 11.1 Å². The van der Waals surface area contributed by atoms with Gasteiger partial charge in [-0.15, -0.1) is 11.3 Å². The number of nitrogens with zero attached hydrogens (tertiary/aromatic N) is 1. The monoisotopic (exact) mass is 254 g/mol. The van der Waals surface area contributed by atoms with Crippen molar-refractivity contribution < 1.29 is 14.1 Å². The van der Waals surface area contributed by atoms with E-state index >= 15 is 0 Å². The summed E-state index contributed by atoms with van der Waals surface area (Å²) in [4.78, 5) is 23.1. The van der Waals surface area contributed by atoms with Gasteiger partial charge in [0.1, 0.15) is 11.5 Å². The van der Waals surface area contributed by atoms with Crippen molar-refractivity contribution in [1.29, 1.82) is 0 Å². The summed E-state index contributed by atoms with van der Waals surface area (Å²) < 4.78 is 0.895. The molecule has 2 heterocycles. The summed E-state index contributed by atoms with van der Waals surface area (Å²) in [6.45, 7) is 1.85. The van der Waals surface area contributed by atoms with E-state index in [1.165, 1.54) is 11.3 Å². The van der Waals surface area contributed by atoms with Gasteiger partial charge in [0.05, 0.1) is 31.1 Å². The van der Waals surface area contributed by atoms with Crippen molar-refractivity contribution in [3.05, 3.63) is 16.0 Å². The molecule has 1 aliphatic heterocycles. The zero-order valence-electron chi connectivity index (χ0n) is 9.95. The van der Waals surface area contributed by atoms with Crippen LogP contribution >= 0.6 is 11.3 Å². The normalized spacial score (nSPS) is 17.3. The Bertz CT molecular complexity index is 479. The first-order valence-corrected chi connectivity index (χ1v) is 6.23. The van der Waals surface area contributed by atoms with Gasteiger partial charge in [-0.3, -0.25) is 9.59 Å². The van der Waals surface area contributed by atoms with Gasteiger partial charge in [-0.1, -0.05) is 0 Å². The number of likely N-dealkylation sites (N-methyl/N-ethyl adjacent to an activating group) is 1. The summed E-state index contributed by atoms with van der Waals surface area (Å²) in [5.41, 5.74) is 6.90. The number of quaternary nitrogens is 1. The van der Waals surface area contributed by atoms with Crippen LogP contribution in [0, 0.1) is 0 Å². The summed E-state index contributed by atoms with van der Waals surface area (Å²) in [5, 5.41) is 3.15. The summed E-state index contributed by atoms with van der Waals surface area (Å²) in [5.74, 6) is -0.459. The minimum atomic E-state index is -0.459. The van der Waals surface area contributed by atoms with E-state index < -0.39 is 5.91 Å². The molecule has 0 saturated heterocycles. The van der Waals surface area contributed by atoms with Crippen LogP contribution in [0.1, 0.15) is 20.8 Å². The van der Waals surface area contributed by atoms with Crippen LogP contribution in [0.4, 0.5) is 5.00 Å². The lowest BCUT2D eigenvalue weighted by atomic mass is 10.0. The molecule has 0 radical (unpaired) electrons. The molecular weight excluding hydrogens is 238 g/mol. The molecule has 0 spiro atoms. The lowest BCUT2D eigenvalue weighted by Gasteiger charge is -2.33. The largest absolute Gasteiger partial charge is 0.365 e. The fraction of sp³-hybridized carbons (Fsp3) is 0.455. The van der Waals surface area contributed by atoms with Gasteiger partial charge in [0.25, 0.3) is 5.91 Å². The Kier molecular flexibility index (Phi) is 2.92. The topological polar surface area (TPSA) is 72.2 Å². The van der Waals surface area contributed by atoms with Crippen molar-refractivity contribution in [1.82, 2.24) is 0 Å². The molecule has 2 amide bonds. The number of nitrogens with two attached hydrogens (primary N) is 1. The number of fused-ring (bicyclic) bond motifs is 1. The van der Waals surface area contributed by atoms with Gasteiger partial charge in [-0.25, -0.2) is 0 Å². The Morgan fingerprint density at radius 2 is 2.24 bits per heavy atom. The van der Waals surface area contributed by atoms with E-state index in [0.29, 0.717) is 17.0 Å². The Hall–Kier alpha value is -1.40. The second-order valence-electron chi connectivity index (χ2n) is 4.90. The van der Waals surface area contributed by atoms with Crippen LogP contribution in [0.15, 0.2) is 0 Å². The summed E-state index contributed by atoms with van der Waals surface area (Å²) in [6, 6.07) is 0. The summed E-state index contributed by atoms with van der Waals surface area (Å²) >= 11 is 1.46. The highest BCUT2D eigenvalue weighted by Gasteiger charge is 2.31. The molecule has 0 aromatic carbocycles.